The lowest BCUT2D eigenvalue weighted by molar-refractivity contribution is -0.159. The van der Waals surface area contributed by atoms with Crippen LogP contribution in [0.15, 0.2) is 24.3 Å². The molecule has 0 unspecified atom stereocenters. The fraction of sp³-hybridized carbons (Fsp3) is 0.438. The van der Waals surface area contributed by atoms with Crippen LogP contribution in [0.4, 0.5) is 0 Å². The summed E-state index contributed by atoms with van der Waals surface area (Å²) in [7, 11) is 3.63. The number of hydrogen-bond acceptors (Lipinski definition) is 7. The number of carbonyl (C=O) groups excluding carboxylic acids is 3. The molecule has 0 amide bonds. The van der Waals surface area contributed by atoms with Gasteiger partial charge in [0, 0.05) is 11.1 Å². The van der Waals surface area contributed by atoms with Gasteiger partial charge in [-0.05, 0) is 17.7 Å². The van der Waals surface area contributed by atoms with Crippen molar-refractivity contribution in [3.8, 4) is 0 Å². The van der Waals surface area contributed by atoms with Gasteiger partial charge in [-0.2, -0.15) is 0 Å². The first kappa shape index (κ1) is 18.2. The zero-order chi connectivity index (χ0) is 17.9. The largest absolute Gasteiger partial charge is 0.469 e. The monoisotopic (exact) mass is 355 g/mol. The van der Waals surface area contributed by atoms with Crippen LogP contribution in [0.25, 0.3) is 0 Å². The highest BCUT2D eigenvalue weighted by atomic mass is 35.5. The van der Waals surface area contributed by atoms with E-state index in [0.717, 1.165) is 0 Å². The molecule has 0 bridgehead atoms. The smallest absolute Gasteiger partial charge is 0.323 e. The standard InChI is InChI=1S/C16H18ClNO6/c1-22-14(19)10-11(15(20)23-2)13(16(21)24-3)18-12(10)8-4-6-9(17)7-5-8/h4-7,10-13,18H,1-3H3/t10-,11+,12-,13-/m1/s1. The van der Waals surface area contributed by atoms with Crippen LogP contribution in [0.2, 0.25) is 5.02 Å². The Morgan fingerprint density at radius 2 is 1.38 bits per heavy atom. The van der Waals surface area contributed by atoms with E-state index in [1.54, 1.807) is 24.3 Å². The van der Waals surface area contributed by atoms with Crippen molar-refractivity contribution in [2.24, 2.45) is 11.8 Å². The van der Waals surface area contributed by atoms with Crippen LogP contribution >= 0.6 is 11.6 Å². The molecule has 0 radical (unpaired) electrons. The molecule has 2 rings (SSSR count). The number of methoxy groups -OCH3 is 3. The second kappa shape index (κ2) is 7.63. The molecule has 24 heavy (non-hydrogen) atoms. The summed E-state index contributed by atoms with van der Waals surface area (Å²) in [5.41, 5.74) is 0.690. The maximum absolute atomic E-state index is 12.3. The third-order valence-corrected chi connectivity index (χ3v) is 4.35. The number of esters is 3. The van der Waals surface area contributed by atoms with E-state index in [-0.39, 0.29) is 0 Å². The molecule has 1 N–H and O–H groups in total. The fourth-order valence-corrected chi connectivity index (χ4v) is 3.09. The van der Waals surface area contributed by atoms with Crippen LogP contribution in [-0.4, -0.2) is 45.3 Å². The van der Waals surface area contributed by atoms with Crippen molar-refractivity contribution in [2.45, 2.75) is 12.1 Å². The summed E-state index contributed by atoms with van der Waals surface area (Å²) in [6, 6.07) is 5.10. The first-order valence-electron chi connectivity index (χ1n) is 7.19. The van der Waals surface area contributed by atoms with Crippen molar-refractivity contribution < 1.29 is 28.6 Å². The SMILES string of the molecule is COC(=O)[C@@H]1[C@H](C(=O)OC)[C@H](C(=O)OC)N[C@@H]1c1ccc(Cl)cc1. The predicted molar refractivity (Wildman–Crippen MR) is 84.1 cm³/mol. The Labute approximate surface area is 144 Å². The van der Waals surface area contributed by atoms with Gasteiger partial charge in [0.25, 0.3) is 0 Å². The lowest BCUT2D eigenvalue weighted by Crippen LogP contribution is -2.42. The normalized spacial score (nSPS) is 25.8. The number of hydrogen-bond donors (Lipinski definition) is 1. The minimum atomic E-state index is -1.06. The summed E-state index contributed by atoms with van der Waals surface area (Å²) in [5.74, 6) is -3.96. The van der Waals surface area contributed by atoms with Crippen molar-refractivity contribution in [2.75, 3.05) is 21.3 Å². The Hall–Kier alpha value is -2.12. The van der Waals surface area contributed by atoms with Gasteiger partial charge in [-0.25, -0.2) is 0 Å². The summed E-state index contributed by atoms with van der Waals surface area (Å²) in [6.45, 7) is 0. The highest BCUT2D eigenvalue weighted by Crippen LogP contribution is 2.39. The first-order valence-corrected chi connectivity index (χ1v) is 7.57. The van der Waals surface area contributed by atoms with E-state index < -0.39 is 41.8 Å². The van der Waals surface area contributed by atoms with Crippen LogP contribution in [0.3, 0.4) is 0 Å². The molecule has 130 valence electrons. The highest BCUT2D eigenvalue weighted by Gasteiger charge is 2.55. The van der Waals surface area contributed by atoms with Crippen molar-refractivity contribution in [1.82, 2.24) is 5.32 Å². The summed E-state index contributed by atoms with van der Waals surface area (Å²) in [6.07, 6.45) is 0. The Morgan fingerprint density at radius 1 is 0.875 bits per heavy atom. The van der Waals surface area contributed by atoms with E-state index in [2.05, 4.69) is 5.32 Å². The van der Waals surface area contributed by atoms with E-state index in [4.69, 9.17) is 25.8 Å². The lowest BCUT2D eigenvalue weighted by Gasteiger charge is -2.21. The first-order chi connectivity index (χ1) is 11.4. The summed E-state index contributed by atoms with van der Waals surface area (Å²) in [4.78, 5) is 36.6. The van der Waals surface area contributed by atoms with Gasteiger partial charge in [-0.15, -0.1) is 0 Å². The van der Waals surface area contributed by atoms with Gasteiger partial charge in [-0.1, -0.05) is 23.7 Å². The number of carbonyl (C=O) groups is 3. The highest BCUT2D eigenvalue weighted by molar-refractivity contribution is 6.30. The average Bonchev–Trinajstić information content (AvgIpc) is 3.00. The van der Waals surface area contributed by atoms with Crippen molar-refractivity contribution in [3.63, 3.8) is 0 Å². The van der Waals surface area contributed by atoms with Gasteiger partial charge in [0.15, 0.2) is 0 Å². The van der Waals surface area contributed by atoms with E-state index in [1.807, 2.05) is 0 Å². The molecular formula is C16H18ClNO6. The molecule has 0 saturated carbocycles. The minimum Gasteiger partial charge on any atom is -0.469 e. The quantitative estimate of drug-likeness (QED) is 0.639. The minimum absolute atomic E-state index is 0.528. The van der Waals surface area contributed by atoms with E-state index in [9.17, 15) is 14.4 Å². The maximum atomic E-state index is 12.3. The zero-order valence-corrected chi connectivity index (χ0v) is 14.2. The molecule has 1 aromatic carbocycles. The van der Waals surface area contributed by atoms with Crippen molar-refractivity contribution in [1.29, 1.82) is 0 Å². The molecule has 0 aromatic heterocycles. The predicted octanol–water partition coefficient (Wildman–Crippen LogP) is 1.10. The number of benzene rings is 1. The number of nitrogens with one attached hydrogen (secondary N) is 1. The van der Waals surface area contributed by atoms with Crippen LogP contribution in [-0.2, 0) is 28.6 Å². The molecule has 1 aliphatic rings. The second-order valence-corrected chi connectivity index (χ2v) is 5.73. The molecule has 7 nitrogen and oxygen atoms in total. The van der Waals surface area contributed by atoms with Gasteiger partial charge < -0.3 is 14.2 Å². The number of halogens is 1. The average molecular weight is 356 g/mol. The van der Waals surface area contributed by atoms with E-state index >= 15 is 0 Å². The fourth-order valence-electron chi connectivity index (χ4n) is 2.97. The Balaban J connectivity index is 2.48. The summed E-state index contributed by atoms with van der Waals surface area (Å²) in [5, 5.41) is 3.52. The van der Waals surface area contributed by atoms with Gasteiger partial charge in [0.05, 0.1) is 33.2 Å². The van der Waals surface area contributed by atoms with Gasteiger partial charge in [0.1, 0.15) is 6.04 Å². The molecule has 8 heteroatoms. The van der Waals surface area contributed by atoms with Crippen molar-refractivity contribution >= 4 is 29.5 Å². The van der Waals surface area contributed by atoms with Gasteiger partial charge in [0.2, 0.25) is 0 Å². The Bertz CT molecular complexity index is 632. The second-order valence-electron chi connectivity index (χ2n) is 5.29. The van der Waals surface area contributed by atoms with Crippen molar-refractivity contribution in [3.05, 3.63) is 34.9 Å². The number of rotatable bonds is 4. The lowest BCUT2D eigenvalue weighted by atomic mass is 9.84. The van der Waals surface area contributed by atoms with Crippen LogP contribution in [0.1, 0.15) is 11.6 Å². The zero-order valence-electron chi connectivity index (χ0n) is 13.4. The molecule has 1 heterocycles. The molecule has 0 spiro atoms. The Morgan fingerprint density at radius 3 is 1.88 bits per heavy atom. The molecule has 1 saturated heterocycles. The molecule has 0 aliphatic carbocycles. The van der Waals surface area contributed by atoms with Gasteiger partial charge >= 0.3 is 17.9 Å². The third kappa shape index (κ3) is 3.37. The van der Waals surface area contributed by atoms with Crippen LogP contribution in [0, 0.1) is 11.8 Å². The van der Waals surface area contributed by atoms with Crippen LogP contribution in [0.5, 0.6) is 0 Å². The summed E-state index contributed by atoms with van der Waals surface area (Å²) >= 11 is 5.89. The third-order valence-electron chi connectivity index (χ3n) is 4.10. The molecule has 1 aliphatic heterocycles. The summed E-state index contributed by atoms with van der Waals surface area (Å²) < 4.78 is 14.3. The molecule has 4 atom stereocenters. The maximum Gasteiger partial charge on any atom is 0.323 e. The Kier molecular flexibility index (Phi) is 5.80. The number of ether oxygens (including phenoxy) is 3. The molecule has 1 fully saturated rings. The van der Waals surface area contributed by atoms with Crippen LogP contribution < -0.4 is 5.32 Å². The van der Waals surface area contributed by atoms with E-state index in [1.165, 1.54) is 21.3 Å². The van der Waals surface area contributed by atoms with Gasteiger partial charge in [-0.3, -0.25) is 19.7 Å². The molecule has 1 aromatic rings. The molecular weight excluding hydrogens is 338 g/mol. The topological polar surface area (TPSA) is 90.9 Å². The van der Waals surface area contributed by atoms with E-state index in [0.29, 0.717) is 10.6 Å².